The minimum absolute atomic E-state index is 0.00934. The first kappa shape index (κ1) is 57.0. The van der Waals surface area contributed by atoms with Crippen LogP contribution in [0.4, 0.5) is 0 Å². The quantitative estimate of drug-likeness (QED) is 0.0560. The van der Waals surface area contributed by atoms with Crippen molar-refractivity contribution in [2.24, 2.45) is 23.5 Å². The summed E-state index contributed by atoms with van der Waals surface area (Å²) in [5.41, 5.74) is 6.57. The predicted molar refractivity (Wildman–Crippen MR) is 247 cm³/mol. The first-order valence-electron chi connectivity index (χ1n) is 23.3. The number of aliphatic hydroxyl groups excluding tert-OH is 1. The Balaban J connectivity index is 1.76. The number of hydrogen-bond donors (Lipinski definition) is 11. The highest BCUT2D eigenvalue weighted by molar-refractivity contribution is 5.99. The first-order valence-corrected chi connectivity index (χ1v) is 23.3. The Labute approximate surface area is 401 Å². The van der Waals surface area contributed by atoms with E-state index in [2.05, 4.69) is 31.9 Å². The fourth-order valence-corrected chi connectivity index (χ4v) is 8.06. The van der Waals surface area contributed by atoms with E-state index in [9.17, 15) is 68.4 Å². The summed E-state index contributed by atoms with van der Waals surface area (Å²) < 4.78 is 0. The van der Waals surface area contributed by atoms with Crippen molar-refractivity contribution in [1.82, 2.24) is 41.7 Å². The van der Waals surface area contributed by atoms with Gasteiger partial charge in [-0.05, 0) is 81.4 Å². The molecule has 0 saturated carbocycles. The highest BCUT2D eigenvalue weighted by Crippen LogP contribution is 2.23. The van der Waals surface area contributed by atoms with E-state index in [1.807, 2.05) is 0 Å². The van der Waals surface area contributed by atoms with E-state index in [-0.39, 0.29) is 56.4 Å². The fraction of sp³-hybridized carbons (Fsp3) is 0.652. The predicted octanol–water partition coefficient (Wildman–Crippen LogP) is -1.53. The molecule has 0 aromatic heterocycles. The summed E-state index contributed by atoms with van der Waals surface area (Å²) in [4.78, 5) is 135. The maximum absolute atomic E-state index is 14.2. The number of phenols is 1. The van der Waals surface area contributed by atoms with Crippen LogP contribution in [0.2, 0.25) is 0 Å². The Kier molecular flexibility index (Phi) is 21.3. The Morgan fingerprint density at radius 2 is 1.13 bits per heavy atom. The molecule has 1 aromatic rings. The highest BCUT2D eigenvalue weighted by Gasteiger charge is 2.42. The number of aromatic hydroxyl groups is 1. The summed E-state index contributed by atoms with van der Waals surface area (Å²) in [7, 11) is 0. The Morgan fingerprint density at radius 3 is 1.62 bits per heavy atom. The number of carbonyl (C=O) groups excluding carboxylic acids is 8. The standard InChI is InChI=1S/C46H71N9O14/c1-22(2)19-31(51-39(61)30(21-34(58)59)50-43(65)37(26(8)56)53-42(64)33-12-10-18-55(33)45(67)35(47)23(3)4)44(66)54-17-9-11-32(54)41(63)48-25(7)38(60)49-29(20-27-13-15-28(57)16-14-27)40(62)52-36(24(5)6)46(68)69/h13-16,22-26,29-33,35-37,56-57H,9-12,17-21,47H2,1-8H3,(H,48,63)(H,49,60)(H,50,65)(H,51,61)(H,52,62)(H,53,64)(H,58,59)(H,68,69)/t25-,26+,29-,30-,31-,32-,33-,35-,36-,37-/m0/s1. The number of rotatable bonds is 24. The normalized spacial score (nSPS) is 19.3. The molecule has 2 aliphatic heterocycles. The molecule has 12 N–H and O–H groups in total. The van der Waals surface area contributed by atoms with E-state index in [1.54, 1.807) is 41.5 Å². The third kappa shape index (κ3) is 16.4. The smallest absolute Gasteiger partial charge is 0.326 e. The van der Waals surface area contributed by atoms with Crippen LogP contribution in [0.25, 0.3) is 0 Å². The van der Waals surface area contributed by atoms with Crippen molar-refractivity contribution >= 4 is 59.2 Å². The van der Waals surface area contributed by atoms with Crippen molar-refractivity contribution in [1.29, 1.82) is 0 Å². The lowest BCUT2D eigenvalue weighted by Gasteiger charge is -2.31. The molecule has 0 unspecified atom stereocenters. The number of carboxylic acid groups (broad SMARTS) is 2. The van der Waals surface area contributed by atoms with Gasteiger partial charge in [0.1, 0.15) is 54.1 Å². The van der Waals surface area contributed by atoms with Crippen molar-refractivity contribution in [3.63, 3.8) is 0 Å². The molecule has 23 heteroatoms. The topological polar surface area (TPSA) is 356 Å². The fourth-order valence-electron chi connectivity index (χ4n) is 8.06. The molecule has 10 atom stereocenters. The van der Waals surface area contributed by atoms with Gasteiger partial charge in [-0.1, -0.05) is 53.7 Å². The van der Waals surface area contributed by atoms with Gasteiger partial charge in [0, 0.05) is 19.5 Å². The van der Waals surface area contributed by atoms with E-state index in [0.29, 0.717) is 18.4 Å². The third-order valence-corrected chi connectivity index (χ3v) is 12.1. The largest absolute Gasteiger partial charge is 0.508 e. The Morgan fingerprint density at radius 1 is 0.623 bits per heavy atom. The molecular formula is C46H71N9O14. The van der Waals surface area contributed by atoms with Gasteiger partial charge >= 0.3 is 11.9 Å². The van der Waals surface area contributed by atoms with Crippen LogP contribution in [0.15, 0.2) is 24.3 Å². The lowest BCUT2D eigenvalue weighted by Crippen LogP contribution is -2.61. The van der Waals surface area contributed by atoms with Crippen molar-refractivity contribution in [2.45, 2.75) is 161 Å². The molecule has 2 saturated heterocycles. The molecule has 2 aliphatic rings. The van der Waals surface area contributed by atoms with E-state index in [1.165, 1.54) is 47.9 Å². The van der Waals surface area contributed by atoms with Crippen LogP contribution in [-0.2, 0) is 54.4 Å². The van der Waals surface area contributed by atoms with Crippen molar-refractivity contribution in [3.05, 3.63) is 29.8 Å². The van der Waals surface area contributed by atoms with E-state index in [0.717, 1.165) is 0 Å². The van der Waals surface area contributed by atoms with Crippen molar-refractivity contribution in [3.8, 4) is 5.75 Å². The minimum atomic E-state index is -1.82. The third-order valence-electron chi connectivity index (χ3n) is 12.1. The summed E-state index contributed by atoms with van der Waals surface area (Å²) >= 11 is 0. The van der Waals surface area contributed by atoms with Gasteiger partial charge in [0.2, 0.25) is 47.3 Å². The number of nitrogens with two attached hydrogens (primary N) is 1. The number of benzene rings is 1. The number of amides is 8. The highest BCUT2D eigenvalue weighted by atomic mass is 16.4. The van der Waals surface area contributed by atoms with Crippen LogP contribution >= 0.6 is 0 Å². The lowest BCUT2D eigenvalue weighted by atomic mass is 10.0. The molecule has 8 amide bonds. The molecule has 0 bridgehead atoms. The monoisotopic (exact) mass is 974 g/mol. The number of phenolic OH excluding ortho intramolecular Hbond substituents is 1. The zero-order valence-corrected chi connectivity index (χ0v) is 40.5. The van der Waals surface area contributed by atoms with Gasteiger partial charge in [0.15, 0.2) is 0 Å². The molecular weight excluding hydrogens is 903 g/mol. The van der Waals surface area contributed by atoms with Gasteiger partial charge in [0.25, 0.3) is 0 Å². The van der Waals surface area contributed by atoms with E-state index >= 15 is 0 Å². The zero-order valence-electron chi connectivity index (χ0n) is 40.5. The molecule has 1 aromatic carbocycles. The number of aliphatic hydroxyl groups is 1. The first-order chi connectivity index (χ1) is 32.2. The van der Waals surface area contributed by atoms with Gasteiger partial charge in [-0.15, -0.1) is 0 Å². The van der Waals surface area contributed by atoms with Crippen molar-refractivity contribution < 1.29 is 68.4 Å². The lowest BCUT2D eigenvalue weighted by molar-refractivity contribution is -0.144. The van der Waals surface area contributed by atoms with Crippen molar-refractivity contribution in [2.75, 3.05) is 13.1 Å². The number of nitrogens with zero attached hydrogens (tertiary/aromatic N) is 2. The summed E-state index contributed by atoms with van der Waals surface area (Å²) in [6, 6.07) is -5.96. The number of aliphatic carboxylic acids is 2. The van der Waals surface area contributed by atoms with Gasteiger partial charge in [0.05, 0.1) is 18.6 Å². The van der Waals surface area contributed by atoms with Gasteiger partial charge < -0.3 is 67.9 Å². The van der Waals surface area contributed by atoms with Crippen LogP contribution in [0.1, 0.15) is 99.5 Å². The van der Waals surface area contributed by atoms with E-state index < -0.39 is 132 Å². The molecule has 0 radical (unpaired) electrons. The number of hydrogen-bond acceptors (Lipinski definition) is 13. The molecule has 0 aliphatic carbocycles. The van der Waals surface area contributed by atoms with Crippen LogP contribution in [0, 0.1) is 17.8 Å². The average molecular weight is 974 g/mol. The number of nitrogens with one attached hydrogen (secondary N) is 6. The minimum Gasteiger partial charge on any atom is -0.508 e. The molecule has 69 heavy (non-hydrogen) atoms. The Bertz CT molecular complexity index is 2030. The molecule has 2 heterocycles. The van der Waals surface area contributed by atoms with Crippen LogP contribution in [-0.4, -0.2) is 163 Å². The summed E-state index contributed by atoms with van der Waals surface area (Å²) in [6.45, 7) is 13.0. The summed E-state index contributed by atoms with van der Waals surface area (Å²) in [5, 5.41) is 54.5. The molecule has 23 nitrogen and oxygen atoms in total. The maximum atomic E-state index is 14.2. The number of carboxylic acids is 2. The Hall–Kier alpha value is -6.36. The van der Waals surface area contributed by atoms with Crippen LogP contribution < -0.4 is 37.6 Å². The second-order valence-corrected chi connectivity index (χ2v) is 19.0. The van der Waals surface area contributed by atoms with Gasteiger partial charge in [-0.25, -0.2) is 4.79 Å². The average Bonchev–Trinajstić information content (AvgIpc) is 3.97. The second kappa shape index (κ2) is 25.8. The van der Waals surface area contributed by atoms with Crippen LogP contribution in [0.5, 0.6) is 5.75 Å². The molecule has 2 fully saturated rings. The van der Waals surface area contributed by atoms with Gasteiger partial charge in [-0.2, -0.15) is 0 Å². The number of carbonyl (C=O) groups is 10. The second-order valence-electron chi connectivity index (χ2n) is 19.0. The molecule has 384 valence electrons. The molecule has 3 rings (SSSR count). The number of likely N-dealkylation sites (tertiary alicyclic amines) is 2. The van der Waals surface area contributed by atoms with Gasteiger partial charge in [-0.3, -0.25) is 43.2 Å². The summed E-state index contributed by atoms with van der Waals surface area (Å²) in [6.07, 6.45) is -1.39. The SMILES string of the molecule is CC(C)C[C@H](NC(=O)[C@H](CC(=O)O)NC(=O)[C@@H](NC(=O)[C@@H]1CCCN1C(=O)[C@@H](N)C(C)C)[C@@H](C)O)C(=O)N1CCC[C@H]1C(=O)N[C@@H](C)C(=O)N[C@@H](Cc1ccc(O)cc1)C(=O)N[C@H](C(=O)O)C(C)C. The van der Waals surface area contributed by atoms with Crippen LogP contribution in [0.3, 0.4) is 0 Å². The zero-order chi connectivity index (χ0) is 52.0. The maximum Gasteiger partial charge on any atom is 0.326 e. The summed E-state index contributed by atoms with van der Waals surface area (Å²) in [5.74, 6) is -10.3. The molecule has 0 spiro atoms. The van der Waals surface area contributed by atoms with E-state index in [4.69, 9.17) is 5.73 Å².